The van der Waals surface area contributed by atoms with Gasteiger partial charge in [-0.1, -0.05) is 66.2 Å². The number of carbonyl (C=O) groups is 3. The number of hydrogen-bond donors (Lipinski definition) is 2. The Balaban J connectivity index is 1.42. The van der Waals surface area contributed by atoms with E-state index in [0.717, 1.165) is 32.7 Å². The Bertz CT molecular complexity index is 1180. The molecule has 2 N–H and O–H groups in total. The highest BCUT2D eigenvalue weighted by Gasteiger charge is 2.30. The fourth-order valence-electron chi connectivity index (χ4n) is 4.27. The number of nitrogens with one attached hydrogen (secondary N) is 1. The monoisotopic (exact) mass is 458 g/mol. The van der Waals surface area contributed by atoms with Gasteiger partial charge in [-0.05, 0) is 48.2 Å². The third-order valence-electron chi connectivity index (χ3n) is 5.95. The van der Waals surface area contributed by atoms with Crippen molar-refractivity contribution >= 4 is 23.7 Å². The second-order valence-electron chi connectivity index (χ2n) is 8.35. The highest BCUT2D eigenvalue weighted by Crippen LogP contribution is 2.44. The fraction of sp³-hybridized carbons (Fsp3) is 0.222. The summed E-state index contributed by atoms with van der Waals surface area (Å²) in [6.07, 6.45) is -0.734. The maximum atomic E-state index is 13.0. The standard InChI is InChI=1S/C27H26N2O5/c1-17-11-13-19(14-12-17)29(15-25(30)31)26(32)18(2)28-27(33)34-16-24-22-9-5-3-7-20(22)21-8-4-6-10-23(21)24/h3-14,18,24H,15-16H2,1-2H3,(H,28,33)(H,30,31)/t18-/m1/s1. The number of nitrogens with zero attached hydrogens (tertiary/aromatic N) is 1. The molecule has 34 heavy (non-hydrogen) atoms. The minimum Gasteiger partial charge on any atom is -0.480 e. The molecule has 0 unspecified atom stereocenters. The quantitative estimate of drug-likeness (QED) is 0.549. The molecule has 174 valence electrons. The predicted molar refractivity (Wildman–Crippen MR) is 129 cm³/mol. The second-order valence-corrected chi connectivity index (χ2v) is 8.35. The Kier molecular flexibility index (Phi) is 6.63. The summed E-state index contributed by atoms with van der Waals surface area (Å²) >= 11 is 0. The molecule has 0 aromatic heterocycles. The van der Waals surface area contributed by atoms with Crippen molar-refractivity contribution in [2.45, 2.75) is 25.8 Å². The van der Waals surface area contributed by atoms with Crippen molar-refractivity contribution in [1.82, 2.24) is 5.32 Å². The number of carboxylic acid groups (broad SMARTS) is 1. The first kappa shape index (κ1) is 23.0. The van der Waals surface area contributed by atoms with E-state index >= 15 is 0 Å². The van der Waals surface area contributed by atoms with E-state index in [4.69, 9.17) is 4.74 Å². The molecule has 0 heterocycles. The summed E-state index contributed by atoms with van der Waals surface area (Å²) in [5.74, 6) is -1.79. The molecule has 3 aromatic rings. The summed E-state index contributed by atoms with van der Waals surface area (Å²) < 4.78 is 5.51. The molecule has 2 amide bonds. The molecule has 1 aliphatic carbocycles. The van der Waals surface area contributed by atoms with Crippen LogP contribution in [0.1, 0.15) is 29.5 Å². The molecular formula is C27H26N2O5. The number of carbonyl (C=O) groups excluding carboxylic acids is 2. The number of aryl methyl sites for hydroxylation is 1. The van der Waals surface area contributed by atoms with Crippen LogP contribution in [0.2, 0.25) is 0 Å². The van der Waals surface area contributed by atoms with Gasteiger partial charge in [0.05, 0.1) is 0 Å². The molecule has 1 atom stereocenters. The van der Waals surface area contributed by atoms with Crippen LogP contribution >= 0.6 is 0 Å². The van der Waals surface area contributed by atoms with E-state index < -0.39 is 30.6 Å². The molecule has 3 aromatic carbocycles. The Morgan fingerprint density at radius 3 is 2.06 bits per heavy atom. The van der Waals surface area contributed by atoms with Gasteiger partial charge in [0.2, 0.25) is 5.91 Å². The van der Waals surface area contributed by atoms with Crippen molar-refractivity contribution in [3.8, 4) is 11.1 Å². The lowest BCUT2D eigenvalue weighted by Crippen LogP contribution is -2.49. The summed E-state index contributed by atoms with van der Waals surface area (Å²) in [7, 11) is 0. The molecule has 0 aliphatic heterocycles. The van der Waals surface area contributed by atoms with Gasteiger partial charge >= 0.3 is 12.1 Å². The summed E-state index contributed by atoms with van der Waals surface area (Å²) in [5.41, 5.74) is 5.85. The highest BCUT2D eigenvalue weighted by atomic mass is 16.5. The van der Waals surface area contributed by atoms with Crippen LogP contribution in [0.15, 0.2) is 72.8 Å². The first-order chi connectivity index (χ1) is 16.3. The van der Waals surface area contributed by atoms with Crippen LogP contribution in [0.5, 0.6) is 0 Å². The Hall–Kier alpha value is -4.13. The number of anilines is 1. The number of rotatable bonds is 7. The van der Waals surface area contributed by atoms with Gasteiger partial charge in [-0.2, -0.15) is 0 Å². The van der Waals surface area contributed by atoms with Crippen molar-refractivity contribution in [3.63, 3.8) is 0 Å². The maximum Gasteiger partial charge on any atom is 0.407 e. The molecule has 4 rings (SSSR count). The third kappa shape index (κ3) is 4.78. The minimum absolute atomic E-state index is 0.0970. The zero-order chi connectivity index (χ0) is 24.2. The number of alkyl carbamates (subject to hydrolysis) is 1. The number of carboxylic acids is 1. The molecular weight excluding hydrogens is 432 g/mol. The summed E-state index contributed by atoms with van der Waals surface area (Å²) in [6, 6.07) is 22.0. The molecule has 7 heteroatoms. The molecule has 1 aliphatic rings. The highest BCUT2D eigenvalue weighted by molar-refractivity contribution is 6.01. The third-order valence-corrected chi connectivity index (χ3v) is 5.95. The van der Waals surface area contributed by atoms with Crippen molar-refractivity contribution in [2.24, 2.45) is 0 Å². The number of hydrogen-bond acceptors (Lipinski definition) is 4. The lowest BCUT2D eigenvalue weighted by Gasteiger charge is -2.25. The van der Waals surface area contributed by atoms with E-state index in [9.17, 15) is 19.5 Å². The summed E-state index contributed by atoms with van der Waals surface area (Å²) in [5, 5.41) is 11.8. The first-order valence-corrected chi connectivity index (χ1v) is 11.1. The fourth-order valence-corrected chi connectivity index (χ4v) is 4.27. The molecule has 0 saturated heterocycles. The van der Waals surface area contributed by atoms with Gasteiger partial charge in [0, 0.05) is 11.6 Å². The van der Waals surface area contributed by atoms with E-state index in [0.29, 0.717) is 5.69 Å². The van der Waals surface area contributed by atoms with E-state index in [2.05, 4.69) is 17.4 Å². The average molecular weight is 459 g/mol. The lowest BCUT2D eigenvalue weighted by molar-refractivity contribution is -0.136. The zero-order valence-corrected chi connectivity index (χ0v) is 19.0. The number of benzene rings is 3. The van der Waals surface area contributed by atoms with Crippen molar-refractivity contribution < 1.29 is 24.2 Å². The van der Waals surface area contributed by atoms with Gasteiger partial charge in [0.1, 0.15) is 19.2 Å². The molecule has 0 fully saturated rings. The molecule has 0 saturated carbocycles. The van der Waals surface area contributed by atoms with Crippen LogP contribution in [-0.4, -0.2) is 42.3 Å². The second kappa shape index (κ2) is 9.79. The van der Waals surface area contributed by atoms with E-state index in [1.165, 1.54) is 6.92 Å². The Morgan fingerprint density at radius 1 is 0.941 bits per heavy atom. The van der Waals surface area contributed by atoms with Crippen LogP contribution in [0, 0.1) is 6.92 Å². The minimum atomic E-state index is -1.15. The number of fused-ring (bicyclic) bond motifs is 3. The number of aliphatic carboxylic acids is 1. The summed E-state index contributed by atoms with van der Waals surface area (Å²) in [6.45, 7) is 3.01. The SMILES string of the molecule is Cc1ccc(N(CC(=O)O)C(=O)[C@@H](C)NC(=O)OCC2c3ccccc3-c3ccccc32)cc1. The van der Waals surface area contributed by atoms with Crippen LogP contribution in [0.3, 0.4) is 0 Å². The van der Waals surface area contributed by atoms with Crippen molar-refractivity contribution in [2.75, 3.05) is 18.1 Å². The van der Waals surface area contributed by atoms with Crippen molar-refractivity contribution in [3.05, 3.63) is 89.5 Å². The molecule has 0 spiro atoms. The normalized spacial score (nSPS) is 12.9. The topological polar surface area (TPSA) is 95.9 Å². The first-order valence-electron chi connectivity index (χ1n) is 11.1. The molecule has 7 nitrogen and oxygen atoms in total. The van der Waals surface area contributed by atoms with E-state index in [1.54, 1.807) is 24.3 Å². The van der Waals surface area contributed by atoms with Gasteiger partial charge in [-0.25, -0.2) is 4.79 Å². The van der Waals surface area contributed by atoms with Gasteiger partial charge in [-0.15, -0.1) is 0 Å². The Labute approximate surface area is 198 Å². The van der Waals surface area contributed by atoms with Crippen LogP contribution < -0.4 is 10.2 Å². The van der Waals surface area contributed by atoms with Crippen LogP contribution in [0.4, 0.5) is 10.5 Å². The zero-order valence-electron chi connectivity index (χ0n) is 19.0. The smallest absolute Gasteiger partial charge is 0.407 e. The Morgan fingerprint density at radius 2 is 1.50 bits per heavy atom. The van der Waals surface area contributed by atoms with Gasteiger partial charge in [0.15, 0.2) is 0 Å². The van der Waals surface area contributed by atoms with E-state index in [-0.39, 0.29) is 12.5 Å². The van der Waals surface area contributed by atoms with Crippen LogP contribution in [-0.2, 0) is 14.3 Å². The number of amides is 2. The number of ether oxygens (including phenoxy) is 1. The largest absolute Gasteiger partial charge is 0.480 e. The maximum absolute atomic E-state index is 13.0. The molecule has 0 bridgehead atoms. The summed E-state index contributed by atoms with van der Waals surface area (Å²) in [4.78, 5) is 38.0. The van der Waals surface area contributed by atoms with Crippen molar-refractivity contribution in [1.29, 1.82) is 0 Å². The molecule has 0 radical (unpaired) electrons. The van der Waals surface area contributed by atoms with Gasteiger partial charge < -0.3 is 15.2 Å². The van der Waals surface area contributed by atoms with E-state index in [1.807, 2.05) is 43.3 Å². The van der Waals surface area contributed by atoms with Gasteiger partial charge in [-0.3, -0.25) is 14.5 Å². The lowest BCUT2D eigenvalue weighted by atomic mass is 9.98. The van der Waals surface area contributed by atoms with Crippen LogP contribution in [0.25, 0.3) is 11.1 Å². The van der Waals surface area contributed by atoms with Gasteiger partial charge in [0.25, 0.3) is 0 Å². The predicted octanol–water partition coefficient (Wildman–Crippen LogP) is 4.34. The average Bonchev–Trinajstić information content (AvgIpc) is 3.15.